The van der Waals surface area contributed by atoms with Gasteiger partial charge in [-0.05, 0) is 38.9 Å². The molecule has 1 N–H and O–H groups in total. The molecule has 0 bridgehead atoms. The van der Waals surface area contributed by atoms with Crippen LogP contribution in [0.4, 0.5) is 0 Å². The van der Waals surface area contributed by atoms with Crippen molar-refractivity contribution in [2.75, 3.05) is 13.1 Å². The molecule has 18 heavy (non-hydrogen) atoms. The first-order valence-electron chi connectivity index (χ1n) is 6.26. The van der Waals surface area contributed by atoms with Crippen LogP contribution in [-0.4, -0.2) is 32.8 Å². The first kappa shape index (κ1) is 12.7. The second kappa shape index (κ2) is 5.73. The van der Waals surface area contributed by atoms with Gasteiger partial charge in [-0.15, -0.1) is 0 Å². The maximum Gasteiger partial charge on any atom is 0.172 e. The lowest BCUT2D eigenvalue weighted by molar-refractivity contribution is 0.712. The van der Waals surface area contributed by atoms with Crippen LogP contribution in [0.3, 0.4) is 0 Å². The molecule has 0 radical (unpaired) electrons. The predicted molar refractivity (Wildman–Crippen MR) is 70.9 cm³/mol. The van der Waals surface area contributed by atoms with Gasteiger partial charge in [0.15, 0.2) is 5.82 Å². The summed E-state index contributed by atoms with van der Waals surface area (Å²) < 4.78 is 1.86. The minimum atomic E-state index is 0.771. The molecule has 0 saturated heterocycles. The number of hydrogen-bond donors (Lipinski definition) is 1. The number of hydrogen-bond acceptors (Lipinski definition) is 4. The van der Waals surface area contributed by atoms with Gasteiger partial charge in [-0.3, -0.25) is 4.98 Å². The first-order valence-corrected chi connectivity index (χ1v) is 6.26. The Labute approximate surface area is 107 Å². The number of likely N-dealkylation sites (N-methyl/N-ethyl adjacent to an activating group) is 1. The molecule has 0 aliphatic rings. The third-order valence-corrected chi connectivity index (χ3v) is 3.01. The maximum absolute atomic E-state index is 4.55. The Balaban J connectivity index is 2.26. The van der Waals surface area contributed by atoms with Gasteiger partial charge >= 0.3 is 0 Å². The molecular weight excluding hydrogens is 226 g/mol. The smallest absolute Gasteiger partial charge is 0.172 e. The minimum absolute atomic E-state index is 0.771. The number of nitrogens with one attached hydrogen (secondary N) is 1. The van der Waals surface area contributed by atoms with E-state index < -0.39 is 0 Å². The maximum atomic E-state index is 4.55. The summed E-state index contributed by atoms with van der Waals surface area (Å²) in [5.41, 5.74) is 3.50. The van der Waals surface area contributed by atoms with Crippen LogP contribution in [0.25, 0.3) is 5.82 Å². The van der Waals surface area contributed by atoms with E-state index in [1.54, 1.807) is 18.6 Å². The van der Waals surface area contributed by atoms with Gasteiger partial charge in [0.2, 0.25) is 0 Å². The Kier molecular flexibility index (Phi) is 4.04. The summed E-state index contributed by atoms with van der Waals surface area (Å²) in [6, 6.07) is 0. The molecule has 96 valence electrons. The lowest BCUT2D eigenvalue weighted by Gasteiger charge is -2.04. The molecule has 0 saturated carbocycles. The van der Waals surface area contributed by atoms with E-state index in [1.165, 1.54) is 5.56 Å². The molecular formula is C13H19N5. The molecule has 0 fully saturated rings. The second-order valence-electron chi connectivity index (χ2n) is 4.23. The number of aryl methyl sites for hydroxylation is 1. The topological polar surface area (TPSA) is 55.6 Å². The fraction of sp³-hybridized carbons (Fsp3) is 0.462. The molecule has 2 rings (SSSR count). The summed E-state index contributed by atoms with van der Waals surface area (Å²) in [5, 5.41) is 7.88. The lowest BCUT2D eigenvalue weighted by atomic mass is 10.1. The third-order valence-electron chi connectivity index (χ3n) is 3.01. The predicted octanol–water partition coefficient (Wildman–Crippen LogP) is 1.43. The molecule has 0 aromatic carbocycles. The van der Waals surface area contributed by atoms with Gasteiger partial charge in [-0.1, -0.05) is 6.92 Å². The highest BCUT2D eigenvalue weighted by Crippen LogP contribution is 2.16. The van der Waals surface area contributed by atoms with Crippen LogP contribution in [0.5, 0.6) is 0 Å². The molecule has 0 aliphatic heterocycles. The highest BCUT2D eigenvalue weighted by Gasteiger charge is 2.12. The van der Waals surface area contributed by atoms with Crippen LogP contribution < -0.4 is 5.32 Å². The van der Waals surface area contributed by atoms with Gasteiger partial charge in [0.1, 0.15) is 0 Å². The second-order valence-corrected chi connectivity index (χ2v) is 4.23. The highest BCUT2D eigenvalue weighted by atomic mass is 15.3. The lowest BCUT2D eigenvalue weighted by Crippen LogP contribution is -2.16. The summed E-state index contributed by atoms with van der Waals surface area (Å²) in [7, 11) is 0. The molecule has 0 atom stereocenters. The number of rotatable bonds is 5. The summed E-state index contributed by atoms with van der Waals surface area (Å²) in [4.78, 5) is 8.36. The van der Waals surface area contributed by atoms with E-state index in [1.807, 2.05) is 11.6 Å². The van der Waals surface area contributed by atoms with E-state index in [2.05, 4.69) is 34.2 Å². The van der Waals surface area contributed by atoms with E-state index in [9.17, 15) is 0 Å². The van der Waals surface area contributed by atoms with Gasteiger partial charge in [-0.25, -0.2) is 9.67 Å². The molecule has 0 aliphatic carbocycles. The summed E-state index contributed by atoms with van der Waals surface area (Å²) in [5.74, 6) is 0.771. The molecule has 5 nitrogen and oxygen atoms in total. The Morgan fingerprint density at radius 1 is 1.28 bits per heavy atom. The standard InChI is InChI=1S/C13H19N5/c1-4-14-6-5-12-10(2)17-18(11(12)3)13-9-15-7-8-16-13/h7-9,14H,4-6H2,1-3H3. The summed E-state index contributed by atoms with van der Waals surface area (Å²) >= 11 is 0. The van der Waals surface area contributed by atoms with Crippen molar-refractivity contribution >= 4 is 0 Å². The normalized spacial score (nSPS) is 10.8. The van der Waals surface area contributed by atoms with Crippen molar-refractivity contribution in [3.05, 3.63) is 35.5 Å². The Bertz CT molecular complexity index is 504. The molecule has 0 unspecified atom stereocenters. The van der Waals surface area contributed by atoms with Gasteiger partial charge in [0.25, 0.3) is 0 Å². The zero-order valence-electron chi connectivity index (χ0n) is 11.1. The monoisotopic (exact) mass is 245 g/mol. The van der Waals surface area contributed by atoms with E-state index in [4.69, 9.17) is 0 Å². The Hall–Kier alpha value is -1.75. The van der Waals surface area contributed by atoms with E-state index in [0.717, 1.165) is 36.7 Å². The van der Waals surface area contributed by atoms with Crippen molar-refractivity contribution in [3.8, 4) is 5.82 Å². The Morgan fingerprint density at radius 2 is 2.11 bits per heavy atom. The van der Waals surface area contributed by atoms with Crippen LogP contribution >= 0.6 is 0 Å². The Morgan fingerprint density at radius 3 is 2.78 bits per heavy atom. The molecule has 2 aromatic heterocycles. The van der Waals surface area contributed by atoms with Crippen molar-refractivity contribution in [2.24, 2.45) is 0 Å². The van der Waals surface area contributed by atoms with Crippen LogP contribution in [0.2, 0.25) is 0 Å². The molecule has 2 heterocycles. The zero-order chi connectivity index (χ0) is 13.0. The van der Waals surface area contributed by atoms with Gasteiger partial charge in [-0.2, -0.15) is 5.10 Å². The van der Waals surface area contributed by atoms with E-state index in [-0.39, 0.29) is 0 Å². The van der Waals surface area contributed by atoms with Crippen LogP contribution in [0.1, 0.15) is 23.9 Å². The van der Waals surface area contributed by atoms with E-state index >= 15 is 0 Å². The molecule has 2 aromatic rings. The quantitative estimate of drug-likeness (QED) is 0.810. The van der Waals surface area contributed by atoms with Crippen LogP contribution in [0, 0.1) is 13.8 Å². The zero-order valence-corrected chi connectivity index (χ0v) is 11.1. The van der Waals surface area contributed by atoms with Crippen molar-refractivity contribution in [2.45, 2.75) is 27.2 Å². The SMILES string of the molecule is CCNCCc1c(C)nn(-c2cnccn2)c1C. The third kappa shape index (κ3) is 2.56. The highest BCUT2D eigenvalue weighted by molar-refractivity contribution is 5.31. The van der Waals surface area contributed by atoms with Crippen molar-refractivity contribution < 1.29 is 0 Å². The summed E-state index contributed by atoms with van der Waals surface area (Å²) in [6.45, 7) is 8.21. The van der Waals surface area contributed by atoms with Gasteiger partial charge < -0.3 is 5.32 Å². The minimum Gasteiger partial charge on any atom is -0.317 e. The fourth-order valence-electron chi connectivity index (χ4n) is 2.05. The van der Waals surface area contributed by atoms with Crippen molar-refractivity contribution in [1.82, 2.24) is 25.1 Å². The van der Waals surface area contributed by atoms with Crippen LogP contribution in [-0.2, 0) is 6.42 Å². The number of aromatic nitrogens is 4. The average Bonchev–Trinajstić information content (AvgIpc) is 2.68. The average molecular weight is 245 g/mol. The van der Waals surface area contributed by atoms with Crippen molar-refractivity contribution in [3.63, 3.8) is 0 Å². The summed E-state index contributed by atoms with van der Waals surface area (Å²) in [6.07, 6.45) is 6.07. The fourth-order valence-corrected chi connectivity index (χ4v) is 2.05. The van der Waals surface area contributed by atoms with Gasteiger partial charge in [0, 0.05) is 18.1 Å². The van der Waals surface area contributed by atoms with Crippen molar-refractivity contribution in [1.29, 1.82) is 0 Å². The van der Waals surface area contributed by atoms with Crippen LogP contribution in [0.15, 0.2) is 18.6 Å². The van der Waals surface area contributed by atoms with Gasteiger partial charge in [0.05, 0.1) is 11.9 Å². The molecule has 5 heteroatoms. The molecule has 0 amide bonds. The largest absolute Gasteiger partial charge is 0.317 e. The molecule has 0 spiro atoms. The first-order chi connectivity index (χ1) is 8.74. The van der Waals surface area contributed by atoms with E-state index in [0.29, 0.717) is 0 Å². The number of nitrogens with zero attached hydrogens (tertiary/aromatic N) is 4.